The van der Waals surface area contributed by atoms with Crippen molar-refractivity contribution in [3.05, 3.63) is 54.1 Å². The first-order valence-corrected chi connectivity index (χ1v) is 10.3. The van der Waals surface area contributed by atoms with E-state index < -0.39 is 12.0 Å². The van der Waals surface area contributed by atoms with Crippen molar-refractivity contribution in [3.63, 3.8) is 0 Å². The van der Waals surface area contributed by atoms with Crippen molar-refractivity contribution >= 4 is 53.6 Å². The van der Waals surface area contributed by atoms with Crippen LogP contribution in [0.4, 0.5) is 11.4 Å². The molecule has 0 spiro atoms. The first kappa shape index (κ1) is 24.0. The molecule has 1 atom stereocenters. The molecule has 0 aliphatic heterocycles. The van der Waals surface area contributed by atoms with Gasteiger partial charge in [0.25, 0.3) is 0 Å². The molecule has 1 unspecified atom stereocenters. The predicted octanol–water partition coefficient (Wildman–Crippen LogP) is -0.911. The van der Waals surface area contributed by atoms with Crippen LogP contribution in [0.1, 0.15) is 6.92 Å². The maximum atomic E-state index is 10.9. The van der Waals surface area contributed by atoms with Gasteiger partial charge in [-0.2, -0.15) is 25.3 Å². The SMILES string of the molecule is CC(Nc1ccc(N=c2n(CCS)c3ccccc3n2CCS)cc1)C(=O)[O-].[Na+]. The fourth-order valence-corrected chi connectivity index (χ4v) is 3.50. The van der Waals surface area contributed by atoms with Crippen LogP contribution in [-0.2, 0) is 17.9 Å². The standard InChI is InChI=1S/C20H24N4O2S2.Na/c1-14(19(25)26)21-15-6-8-16(9-7-15)22-20-23(10-12-27)17-4-2-3-5-18(17)24(20)11-13-28;/h2-9,14,21,27-28H,10-13H2,1H3,(H,25,26);/q;+1/p-1. The van der Waals surface area contributed by atoms with Crippen molar-refractivity contribution in [2.45, 2.75) is 26.1 Å². The van der Waals surface area contributed by atoms with Gasteiger partial charge in [0.05, 0.1) is 28.7 Å². The Morgan fingerprint density at radius 1 is 1.03 bits per heavy atom. The third-order valence-electron chi connectivity index (χ3n) is 4.43. The first-order valence-electron chi connectivity index (χ1n) is 9.07. The van der Waals surface area contributed by atoms with Crippen molar-refractivity contribution in [1.29, 1.82) is 0 Å². The van der Waals surface area contributed by atoms with E-state index in [1.54, 1.807) is 6.92 Å². The van der Waals surface area contributed by atoms with Gasteiger partial charge in [0.2, 0.25) is 5.62 Å². The third kappa shape index (κ3) is 5.64. The van der Waals surface area contributed by atoms with Crippen LogP contribution in [0.15, 0.2) is 53.5 Å². The van der Waals surface area contributed by atoms with Crippen LogP contribution in [0.2, 0.25) is 0 Å². The number of aryl methyl sites for hydroxylation is 2. The molecule has 0 amide bonds. The summed E-state index contributed by atoms with van der Waals surface area (Å²) in [6, 6.07) is 14.8. The summed E-state index contributed by atoms with van der Waals surface area (Å²) in [6.07, 6.45) is 0. The summed E-state index contributed by atoms with van der Waals surface area (Å²) in [7, 11) is 0. The van der Waals surface area contributed by atoms with E-state index in [-0.39, 0.29) is 29.6 Å². The summed E-state index contributed by atoms with van der Waals surface area (Å²) in [5.74, 6) is 0.260. The number of aromatic nitrogens is 2. The van der Waals surface area contributed by atoms with E-state index in [4.69, 9.17) is 4.99 Å². The van der Waals surface area contributed by atoms with E-state index in [1.807, 2.05) is 36.4 Å². The second-order valence-electron chi connectivity index (χ2n) is 6.38. The molecule has 1 N–H and O–H groups in total. The van der Waals surface area contributed by atoms with Gasteiger partial charge in [0.1, 0.15) is 0 Å². The Labute approximate surface area is 203 Å². The first-order chi connectivity index (χ1) is 13.5. The number of nitrogens with one attached hydrogen (secondary N) is 1. The van der Waals surface area contributed by atoms with E-state index in [1.165, 1.54) is 0 Å². The second kappa shape index (κ2) is 11.2. The van der Waals surface area contributed by atoms with Crippen molar-refractivity contribution < 1.29 is 39.5 Å². The van der Waals surface area contributed by atoms with Gasteiger partial charge in [-0.3, -0.25) is 0 Å². The van der Waals surface area contributed by atoms with Gasteiger partial charge >= 0.3 is 29.6 Å². The zero-order valence-electron chi connectivity index (χ0n) is 16.6. The Morgan fingerprint density at radius 3 is 2.00 bits per heavy atom. The molecule has 2 aromatic carbocycles. The molecule has 29 heavy (non-hydrogen) atoms. The number of benzene rings is 2. The van der Waals surface area contributed by atoms with Crippen molar-refractivity contribution in [1.82, 2.24) is 9.13 Å². The number of hydrogen-bond donors (Lipinski definition) is 3. The number of para-hydroxylation sites is 2. The molecule has 3 aromatic rings. The largest absolute Gasteiger partial charge is 1.00 e. The van der Waals surface area contributed by atoms with E-state index in [9.17, 15) is 9.90 Å². The Morgan fingerprint density at radius 2 is 1.55 bits per heavy atom. The van der Waals surface area contributed by atoms with Gasteiger partial charge in [-0.25, -0.2) is 4.99 Å². The minimum atomic E-state index is -1.14. The number of carboxylic acids is 1. The molecule has 0 fully saturated rings. The smallest absolute Gasteiger partial charge is 0.548 e. The van der Waals surface area contributed by atoms with E-state index in [0.717, 1.165) is 35.4 Å². The van der Waals surface area contributed by atoms with Crippen molar-refractivity contribution in [2.24, 2.45) is 4.99 Å². The van der Waals surface area contributed by atoms with E-state index in [0.29, 0.717) is 17.2 Å². The van der Waals surface area contributed by atoms with Crippen LogP contribution in [0.5, 0.6) is 0 Å². The average Bonchev–Trinajstić information content (AvgIpc) is 2.97. The Kier molecular flexibility index (Phi) is 9.23. The maximum absolute atomic E-state index is 10.9. The molecule has 1 aromatic heterocycles. The van der Waals surface area contributed by atoms with Crippen LogP contribution < -0.4 is 45.6 Å². The topological polar surface area (TPSA) is 74.4 Å². The van der Waals surface area contributed by atoms with Crippen LogP contribution in [-0.4, -0.2) is 32.7 Å². The third-order valence-corrected chi connectivity index (χ3v) is 4.83. The summed E-state index contributed by atoms with van der Waals surface area (Å²) in [5, 5.41) is 13.8. The molecule has 9 heteroatoms. The summed E-state index contributed by atoms with van der Waals surface area (Å²) in [4.78, 5) is 15.8. The monoisotopic (exact) mass is 438 g/mol. The summed E-state index contributed by atoms with van der Waals surface area (Å²) in [6.45, 7) is 3.03. The summed E-state index contributed by atoms with van der Waals surface area (Å²) < 4.78 is 4.33. The number of aliphatic carboxylic acids is 1. The molecule has 6 nitrogen and oxygen atoms in total. The number of hydrogen-bond acceptors (Lipinski definition) is 6. The Hall–Kier alpha value is -1.32. The van der Waals surface area contributed by atoms with Crippen LogP contribution in [0, 0.1) is 0 Å². The Balaban J connectivity index is 0.00000300. The Bertz CT molecular complexity index is 985. The van der Waals surface area contributed by atoms with E-state index >= 15 is 0 Å². The number of anilines is 1. The molecule has 3 rings (SSSR count). The number of thiol groups is 2. The number of carboxylic acid groups (broad SMARTS) is 1. The van der Waals surface area contributed by atoms with Gasteiger partial charge in [-0.15, -0.1) is 0 Å². The van der Waals surface area contributed by atoms with E-state index in [2.05, 4.69) is 51.8 Å². The fourth-order valence-electron chi connectivity index (χ4n) is 3.10. The zero-order chi connectivity index (χ0) is 20.1. The van der Waals surface area contributed by atoms with Crippen LogP contribution >= 0.6 is 25.3 Å². The van der Waals surface area contributed by atoms with Crippen LogP contribution in [0.25, 0.3) is 11.0 Å². The van der Waals surface area contributed by atoms with Crippen molar-refractivity contribution in [3.8, 4) is 0 Å². The van der Waals surface area contributed by atoms with Gasteiger partial charge in [-0.1, -0.05) is 12.1 Å². The molecular formula is C20H23N4NaO2S2. The number of rotatable bonds is 8. The molecule has 0 saturated carbocycles. The number of fused-ring (bicyclic) bond motifs is 1. The number of carbonyl (C=O) groups is 1. The van der Waals surface area contributed by atoms with Crippen molar-refractivity contribution in [2.75, 3.05) is 16.8 Å². The number of nitrogens with zero attached hydrogens (tertiary/aromatic N) is 3. The normalized spacial score (nSPS) is 11.7. The summed E-state index contributed by atoms with van der Waals surface area (Å²) >= 11 is 8.81. The maximum Gasteiger partial charge on any atom is 1.00 e. The minimum absolute atomic E-state index is 0. The molecular weight excluding hydrogens is 415 g/mol. The summed E-state index contributed by atoms with van der Waals surface area (Å²) in [5.41, 5.74) is 4.54. The van der Waals surface area contributed by atoms with Gasteiger partial charge in [0.15, 0.2) is 0 Å². The number of carbonyl (C=O) groups excluding carboxylic acids is 1. The molecule has 1 heterocycles. The average molecular weight is 439 g/mol. The van der Waals surface area contributed by atoms with Gasteiger partial charge < -0.3 is 24.4 Å². The molecule has 0 aliphatic rings. The van der Waals surface area contributed by atoms with Crippen LogP contribution in [0.3, 0.4) is 0 Å². The fraction of sp³-hybridized carbons (Fsp3) is 0.300. The number of imidazole rings is 1. The zero-order valence-corrected chi connectivity index (χ0v) is 20.4. The molecule has 0 bridgehead atoms. The quantitative estimate of drug-likeness (QED) is 0.315. The molecule has 148 valence electrons. The molecule has 0 aliphatic carbocycles. The molecule has 0 saturated heterocycles. The van der Waals surface area contributed by atoms with Gasteiger partial charge in [-0.05, 0) is 43.3 Å². The minimum Gasteiger partial charge on any atom is -0.548 e. The van der Waals surface area contributed by atoms with Gasteiger partial charge in [0, 0.05) is 30.3 Å². The second-order valence-corrected chi connectivity index (χ2v) is 7.28. The predicted molar refractivity (Wildman–Crippen MR) is 117 cm³/mol. The molecule has 0 radical (unpaired) electrons.